The molecule has 1 saturated heterocycles. The van der Waals surface area contributed by atoms with Gasteiger partial charge in [-0.25, -0.2) is 0 Å². The summed E-state index contributed by atoms with van der Waals surface area (Å²) < 4.78 is 30.5. The minimum atomic E-state index is -2.31. The van der Waals surface area contributed by atoms with E-state index in [1.54, 1.807) is 0 Å². The Morgan fingerprint density at radius 3 is 1.21 bits per heavy atom. The molecule has 2 unspecified atom stereocenters. The highest BCUT2D eigenvalue weighted by Gasteiger charge is 2.68. The van der Waals surface area contributed by atoms with Crippen LogP contribution in [0.4, 0.5) is 0 Å². The minimum Gasteiger partial charge on any atom is -0.293 e. The summed E-state index contributed by atoms with van der Waals surface area (Å²) in [6.07, 6.45) is 4.56. The molecule has 5 aromatic carbocycles. The predicted octanol–water partition coefficient (Wildman–Crippen LogP) is 16.9. The fourth-order valence-corrected chi connectivity index (χ4v) is 11.7. The van der Waals surface area contributed by atoms with Crippen molar-refractivity contribution in [2.24, 2.45) is 16.7 Å². The monoisotopic (exact) mass is 906 g/mol. The van der Waals surface area contributed by atoms with E-state index >= 15 is 0 Å². The van der Waals surface area contributed by atoms with Gasteiger partial charge in [-0.3, -0.25) is 18.1 Å². The fourth-order valence-electron chi connectivity index (χ4n) is 8.88. The maximum Gasteiger partial charge on any atom is 0.338 e. The van der Waals surface area contributed by atoms with Crippen molar-refractivity contribution < 1.29 is 18.1 Å². The lowest BCUT2D eigenvalue weighted by Gasteiger charge is -2.49. The molecule has 7 rings (SSSR count). The zero-order valence-corrected chi connectivity index (χ0v) is 41.6. The highest BCUT2D eigenvalue weighted by molar-refractivity contribution is 8.00. The maximum atomic E-state index is 7.80. The number of hydrogen-bond donors (Lipinski definition) is 0. The number of allylic oxidation sites excluding steroid dienone is 2. The Hall–Kier alpha value is -3.14. The lowest BCUT2D eigenvalue weighted by molar-refractivity contribution is -0.119. The Morgan fingerprint density at radius 2 is 0.903 bits per heavy atom. The standard InChI is InChI=1S/C54H62Cl2O4P2/c1-48(2,3)43-33-38(34-44(35-43)49(4,5)6)46-36-45(50(7,8)9)37-47(51(10,11)12)54(46,59-61(55)56)60-62-57-52(39-25-17-13-18-26-39,40-27-19-14-20-28-40)53(58-62,41-29-21-15-22-30-41)42-31-23-16-24-32-42/h13-37,47H,1-12H3. The smallest absolute Gasteiger partial charge is 0.293 e. The first-order valence-electron chi connectivity index (χ1n) is 21.5. The van der Waals surface area contributed by atoms with Crippen molar-refractivity contribution in [1.82, 2.24) is 0 Å². The van der Waals surface area contributed by atoms with Gasteiger partial charge in [0.05, 0.1) is 0 Å². The molecule has 0 spiro atoms. The second-order valence-electron chi connectivity index (χ2n) is 20.9. The SMILES string of the molecule is CC(C)(C)C1=CC(C(C)(C)C)C(OP(Cl)Cl)(OP2OC(c3ccccc3)(c3ccccc3)C(c3ccccc3)(c3ccccc3)O2)C(c2cc(C(C)(C)C)cc(C(C)(C)C)c2)=C1. The van der Waals surface area contributed by atoms with Gasteiger partial charge in [0.15, 0.2) is 11.2 Å². The molecule has 1 heterocycles. The molecule has 326 valence electrons. The first-order valence-corrected chi connectivity index (χ1v) is 25.7. The van der Waals surface area contributed by atoms with Crippen LogP contribution in [-0.2, 0) is 40.1 Å². The van der Waals surface area contributed by atoms with E-state index in [1.165, 1.54) is 11.1 Å². The van der Waals surface area contributed by atoms with Crippen molar-refractivity contribution in [2.75, 3.05) is 0 Å². The van der Waals surface area contributed by atoms with E-state index in [4.69, 9.17) is 40.6 Å². The lowest BCUT2D eigenvalue weighted by Crippen LogP contribution is -2.49. The van der Waals surface area contributed by atoms with E-state index in [1.807, 2.05) is 24.3 Å². The lowest BCUT2D eigenvalue weighted by atomic mass is 9.65. The molecule has 0 saturated carbocycles. The first kappa shape index (κ1) is 46.8. The second-order valence-corrected chi connectivity index (χ2v) is 24.8. The van der Waals surface area contributed by atoms with Crippen LogP contribution in [0.5, 0.6) is 0 Å². The Bertz CT molecular complexity index is 2190. The largest absolute Gasteiger partial charge is 0.338 e. The van der Waals surface area contributed by atoms with E-state index in [0.29, 0.717) is 0 Å². The van der Waals surface area contributed by atoms with Crippen LogP contribution in [-0.4, -0.2) is 5.79 Å². The summed E-state index contributed by atoms with van der Waals surface area (Å²) in [6.45, 7) is 24.9. The van der Waals surface area contributed by atoms with E-state index < -0.39 is 43.8 Å². The van der Waals surface area contributed by atoms with Gasteiger partial charge in [-0.2, -0.15) is 0 Å². The van der Waals surface area contributed by atoms with E-state index in [2.05, 4.69) is 210 Å². The van der Waals surface area contributed by atoms with Crippen molar-refractivity contribution >= 4 is 43.5 Å². The van der Waals surface area contributed by atoms with Crippen molar-refractivity contribution in [3.05, 3.63) is 196 Å². The Balaban J connectivity index is 1.58. The molecular weight excluding hydrogens is 845 g/mol. The van der Waals surface area contributed by atoms with Crippen LogP contribution in [0.3, 0.4) is 0 Å². The molecule has 1 fully saturated rings. The molecule has 2 aliphatic rings. The van der Waals surface area contributed by atoms with Crippen LogP contribution < -0.4 is 0 Å². The molecule has 0 aromatic heterocycles. The van der Waals surface area contributed by atoms with E-state index in [0.717, 1.165) is 39.0 Å². The number of halogens is 2. The summed E-state index contributed by atoms with van der Waals surface area (Å²) >= 11 is 14.0. The average Bonchev–Trinajstić information content (AvgIpc) is 3.56. The van der Waals surface area contributed by atoms with Crippen LogP contribution in [0.2, 0.25) is 0 Å². The van der Waals surface area contributed by atoms with Crippen molar-refractivity contribution in [3.8, 4) is 0 Å². The van der Waals surface area contributed by atoms with E-state index in [-0.39, 0.29) is 16.2 Å². The van der Waals surface area contributed by atoms with Crippen molar-refractivity contribution in [1.29, 1.82) is 0 Å². The van der Waals surface area contributed by atoms with Crippen molar-refractivity contribution in [3.63, 3.8) is 0 Å². The number of rotatable bonds is 9. The molecule has 5 aromatic rings. The number of benzene rings is 5. The van der Waals surface area contributed by atoms with Gasteiger partial charge in [0, 0.05) is 11.5 Å². The zero-order chi connectivity index (χ0) is 44.9. The minimum absolute atomic E-state index is 0.162. The van der Waals surface area contributed by atoms with Gasteiger partial charge in [0.1, 0.15) is 0 Å². The third-order valence-electron chi connectivity index (χ3n) is 12.3. The van der Waals surface area contributed by atoms with Gasteiger partial charge < -0.3 is 0 Å². The topological polar surface area (TPSA) is 36.9 Å². The van der Waals surface area contributed by atoms with Gasteiger partial charge in [0.2, 0.25) is 12.6 Å². The quantitative estimate of drug-likeness (QED) is 0.109. The van der Waals surface area contributed by atoms with Gasteiger partial charge in [-0.05, 0) is 94.7 Å². The Labute approximate surface area is 383 Å². The molecule has 4 nitrogen and oxygen atoms in total. The van der Waals surface area contributed by atoms with Gasteiger partial charge in [0.25, 0.3) is 0 Å². The highest BCUT2D eigenvalue weighted by atomic mass is 35.9. The maximum absolute atomic E-state index is 7.80. The van der Waals surface area contributed by atoms with Crippen LogP contribution >= 0.6 is 37.9 Å². The van der Waals surface area contributed by atoms with Gasteiger partial charge >= 0.3 is 8.60 Å². The fraction of sp³-hybridized carbons (Fsp3) is 0.370. The summed E-state index contributed by atoms with van der Waals surface area (Å²) in [6, 6.07) is 48.4. The molecule has 62 heavy (non-hydrogen) atoms. The summed E-state index contributed by atoms with van der Waals surface area (Å²) in [7, 11) is -2.31. The van der Waals surface area contributed by atoms with Crippen LogP contribution in [0.25, 0.3) is 5.57 Å². The molecule has 0 radical (unpaired) electrons. The van der Waals surface area contributed by atoms with E-state index in [9.17, 15) is 0 Å². The normalized spacial score (nSPS) is 20.9. The summed E-state index contributed by atoms with van der Waals surface area (Å²) in [5.41, 5.74) is 5.50. The number of hydrogen-bond acceptors (Lipinski definition) is 4. The van der Waals surface area contributed by atoms with Crippen molar-refractivity contribution in [2.45, 2.75) is 111 Å². The Kier molecular flexibility index (Phi) is 13.1. The predicted molar refractivity (Wildman–Crippen MR) is 262 cm³/mol. The molecule has 2 atom stereocenters. The second kappa shape index (κ2) is 17.3. The highest BCUT2D eigenvalue weighted by Crippen LogP contribution is 2.74. The summed E-state index contributed by atoms with van der Waals surface area (Å²) in [5, 5.41) is 0. The van der Waals surface area contributed by atoms with Crippen LogP contribution in [0.1, 0.15) is 122 Å². The zero-order valence-electron chi connectivity index (χ0n) is 38.3. The van der Waals surface area contributed by atoms with Crippen LogP contribution in [0.15, 0.2) is 157 Å². The molecule has 0 bridgehead atoms. The summed E-state index contributed by atoms with van der Waals surface area (Å²) in [5.74, 6) is -1.99. The molecule has 8 heteroatoms. The molecule has 0 amide bonds. The first-order chi connectivity index (χ1) is 29.0. The molecular formula is C54H62Cl2O4P2. The Morgan fingerprint density at radius 1 is 0.532 bits per heavy atom. The van der Waals surface area contributed by atoms with Crippen LogP contribution in [0, 0.1) is 16.7 Å². The van der Waals surface area contributed by atoms with Gasteiger partial charge in [-0.15, -0.1) is 0 Å². The third kappa shape index (κ3) is 8.82. The summed E-state index contributed by atoms with van der Waals surface area (Å²) in [4.78, 5) is 0. The van der Waals surface area contributed by atoms with Gasteiger partial charge in [-0.1, -0.05) is 229 Å². The third-order valence-corrected chi connectivity index (χ3v) is 14.4. The molecule has 0 N–H and O–H groups in total. The molecule has 1 aliphatic carbocycles. The average molecular weight is 908 g/mol. The molecule has 1 aliphatic heterocycles.